The number of carbonyl (C=O) groups excluding carboxylic acids is 2. The van der Waals surface area contributed by atoms with Gasteiger partial charge in [-0.3, -0.25) is 9.69 Å². The molecular weight excluding hydrogens is 454 g/mol. The minimum absolute atomic E-state index is 0.122. The van der Waals surface area contributed by atoms with Crippen molar-refractivity contribution in [2.24, 2.45) is 5.92 Å². The van der Waals surface area contributed by atoms with Crippen LogP contribution in [0.4, 0.5) is 4.79 Å². The van der Waals surface area contributed by atoms with Crippen molar-refractivity contribution in [3.63, 3.8) is 0 Å². The number of aromatic nitrogens is 1. The van der Waals surface area contributed by atoms with Crippen molar-refractivity contribution in [1.29, 1.82) is 0 Å². The van der Waals surface area contributed by atoms with Gasteiger partial charge in [0.1, 0.15) is 11.6 Å². The fourth-order valence-electron chi connectivity index (χ4n) is 5.51. The second kappa shape index (κ2) is 12.6. The number of rotatable bonds is 5. The van der Waals surface area contributed by atoms with E-state index in [4.69, 9.17) is 9.47 Å². The number of carbonyl (C=O) groups is 2. The van der Waals surface area contributed by atoms with Gasteiger partial charge >= 0.3 is 12.1 Å². The molecule has 1 atom stereocenters. The van der Waals surface area contributed by atoms with Crippen molar-refractivity contribution in [2.45, 2.75) is 84.8 Å². The lowest BCUT2D eigenvalue weighted by molar-refractivity contribution is -0.153. The third-order valence-electron chi connectivity index (χ3n) is 7.15. The highest BCUT2D eigenvalue weighted by Crippen LogP contribution is 2.35. The molecule has 2 aromatic rings. The first-order valence-electron chi connectivity index (χ1n) is 13.7. The molecule has 0 saturated carbocycles. The Balaban J connectivity index is 0.00000176. The Bertz CT molecular complexity index is 980. The van der Waals surface area contributed by atoms with Gasteiger partial charge in [0.25, 0.3) is 0 Å². The summed E-state index contributed by atoms with van der Waals surface area (Å²) in [5.41, 5.74) is 2.06. The summed E-state index contributed by atoms with van der Waals surface area (Å²) in [6.07, 6.45) is 5.50. The third kappa shape index (κ3) is 6.81. The Morgan fingerprint density at radius 2 is 1.67 bits per heavy atom. The van der Waals surface area contributed by atoms with Gasteiger partial charge in [-0.05, 0) is 89.9 Å². The highest BCUT2D eigenvalue weighted by molar-refractivity contribution is 5.83. The van der Waals surface area contributed by atoms with Crippen molar-refractivity contribution >= 4 is 23.0 Å². The van der Waals surface area contributed by atoms with Gasteiger partial charge in [0, 0.05) is 30.2 Å². The number of piperidine rings is 2. The van der Waals surface area contributed by atoms with Gasteiger partial charge in [0.05, 0.1) is 6.61 Å². The molecule has 200 valence electrons. The molecule has 1 amide bonds. The third-order valence-corrected chi connectivity index (χ3v) is 7.15. The summed E-state index contributed by atoms with van der Waals surface area (Å²) in [6.45, 7) is 14.9. The maximum absolute atomic E-state index is 13.1. The molecule has 2 saturated heterocycles. The van der Waals surface area contributed by atoms with Crippen LogP contribution < -0.4 is 0 Å². The standard InChI is InChI=1S/C27H39N3O4.C2H6/c1-5-33-25(31)24(20-12-16-30(17-13-20)26(32)34-27(2,3)4)29-14-10-19(11-15-29)22-18-28-23-9-7-6-8-21(22)23;1-2/h6-9,18-20,24,28H,5,10-17H2,1-4H3;1-2H3. The molecule has 1 unspecified atom stereocenters. The zero-order valence-corrected chi connectivity index (χ0v) is 23.0. The van der Waals surface area contributed by atoms with E-state index in [1.807, 2.05) is 41.5 Å². The monoisotopic (exact) mass is 499 g/mol. The zero-order chi connectivity index (χ0) is 26.3. The van der Waals surface area contributed by atoms with Crippen LogP contribution in [0.1, 0.15) is 78.7 Å². The van der Waals surface area contributed by atoms with Crippen LogP contribution in [0.5, 0.6) is 0 Å². The van der Waals surface area contributed by atoms with Crippen LogP contribution in [0, 0.1) is 5.92 Å². The van der Waals surface area contributed by atoms with E-state index in [1.165, 1.54) is 16.5 Å². The maximum atomic E-state index is 13.1. The number of nitrogens with one attached hydrogen (secondary N) is 1. The Kier molecular flexibility index (Phi) is 9.83. The van der Waals surface area contributed by atoms with Gasteiger partial charge in [-0.25, -0.2) is 4.79 Å². The number of hydrogen-bond acceptors (Lipinski definition) is 5. The minimum atomic E-state index is -0.503. The molecule has 0 bridgehead atoms. The zero-order valence-electron chi connectivity index (χ0n) is 23.0. The normalized spacial score (nSPS) is 18.9. The van der Waals surface area contributed by atoms with E-state index in [0.29, 0.717) is 25.6 Å². The van der Waals surface area contributed by atoms with Gasteiger partial charge in [0.15, 0.2) is 0 Å². The second-order valence-corrected chi connectivity index (χ2v) is 10.6. The first kappa shape index (κ1) is 28.0. The second-order valence-electron chi connectivity index (χ2n) is 10.6. The molecule has 1 N–H and O–H groups in total. The summed E-state index contributed by atoms with van der Waals surface area (Å²) in [7, 11) is 0. The Labute approximate surface area is 216 Å². The molecule has 7 heteroatoms. The van der Waals surface area contributed by atoms with Gasteiger partial charge < -0.3 is 19.4 Å². The minimum Gasteiger partial charge on any atom is -0.465 e. The quantitative estimate of drug-likeness (QED) is 0.515. The number of H-pyrrole nitrogens is 1. The number of ether oxygens (including phenoxy) is 2. The van der Waals surface area contributed by atoms with E-state index < -0.39 is 5.60 Å². The lowest BCUT2D eigenvalue weighted by atomic mass is 9.84. The smallest absolute Gasteiger partial charge is 0.410 e. The van der Waals surface area contributed by atoms with E-state index >= 15 is 0 Å². The van der Waals surface area contributed by atoms with Crippen LogP contribution in [-0.2, 0) is 14.3 Å². The fraction of sp³-hybridized carbons (Fsp3) is 0.655. The topological polar surface area (TPSA) is 74.9 Å². The van der Waals surface area contributed by atoms with Gasteiger partial charge in [-0.2, -0.15) is 0 Å². The molecule has 7 nitrogen and oxygen atoms in total. The van der Waals surface area contributed by atoms with Crippen LogP contribution in [0.3, 0.4) is 0 Å². The summed E-state index contributed by atoms with van der Waals surface area (Å²) in [6, 6.07) is 8.21. The SMILES string of the molecule is CC.CCOC(=O)C(C1CCN(C(=O)OC(C)(C)C)CC1)N1CCC(c2c[nH]c3ccccc23)CC1. The van der Waals surface area contributed by atoms with Gasteiger partial charge in [-0.15, -0.1) is 0 Å². The lowest BCUT2D eigenvalue weighted by Gasteiger charge is -2.42. The number of fused-ring (bicyclic) bond motifs is 1. The van der Waals surface area contributed by atoms with E-state index in [9.17, 15) is 9.59 Å². The Morgan fingerprint density at radius 1 is 1.03 bits per heavy atom. The number of amides is 1. The van der Waals surface area contributed by atoms with Crippen molar-refractivity contribution in [2.75, 3.05) is 32.8 Å². The van der Waals surface area contributed by atoms with Crippen molar-refractivity contribution in [3.8, 4) is 0 Å². The summed E-state index contributed by atoms with van der Waals surface area (Å²) in [5.74, 6) is 0.551. The number of benzene rings is 1. The maximum Gasteiger partial charge on any atom is 0.410 e. The molecule has 0 spiro atoms. The van der Waals surface area contributed by atoms with E-state index in [1.54, 1.807) is 4.90 Å². The molecule has 1 aromatic heterocycles. The van der Waals surface area contributed by atoms with E-state index in [2.05, 4.69) is 40.3 Å². The number of nitrogens with zero attached hydrogens (tertiary/aromatic N) is 2. The predicted octanol–water partition coefficient (Wildman–Crippen LogP) is 5.95. The van der Waals surface area contributed by atoms with E-state index in [0.717, 1.165) is 38.8 Å². The number of para-hydroxylation sites is 1. The van der Waals surface area contributed by atoms with Gasteiger partial charge in [-0.1, -0.05) is 32.0 Å². The predicted molar refractivity (Wildman–Crippen MR) is 144 cm³/mol. The number of hydrogen-bond donors (Lipinski definition) is 1. The number of esters is 1. The van der Waals surface area contributed by atoms with Gasteiger partial charge in [0.2, 0.25) is 0 Å². The van der Waals surface area contributed by atoms with Crippen LogP contribution in [0.2, 0.25) is 0 Å². The molecule has 0 radical (unpaired) electrons. The molecule has 2 fully saturated rings. The molecule has 0 aliphatic carbocycles. The first-order chi connectivity index (χ1) is 17.3. The number of aromatic amines is 1. The molecule has 2 aliphatic heterocycles. The molecule has 4 rings (SSSR count). The van der Waals surface area contributed by atoms with Crippen molar-refractivity contribution < 1.29 is 19.1 Å². The van der Waals surface area contributed by atoms with Crippen molar-refractivity contribution in [3.05, 3.63) is 36.0 Å². The van der Waals surface area contributed by atoms with Crippen LogP contribution in [-0.4, -0.2) is 71.3 Å². The Morgan fingerprint density at radius 3 is 2.28 bits per heavy atom. The summed E-state index contributed by atoms with van der Waals surface area (Å²) in [4.78, 5) is 33.0. The highest BCUT2D eigenvalue weighted by Gasteiger charge is 2.39. The molecule has 3 heterocycles. The average Bonchev–Trinajstić information content (AvgIpc) is 3.30. The molecular formula is C29H45N3O4. The van der Waals surface area contributed by atoms with Crippen LogP contribution in [0.25, 0.3) is 10.9 Å². The first-order valence-corrected chi connectivity index (χ1v) is 13.7. The average molecular weight is 500 g/mol. The largest absolute Gasteiger partial charge is 0.465 e. The fourth-order valence-corrected chi connectivity index (χ4v) is 5.51. The molecule has 2 aliphatic rings. The Hall–Kier alpha value is -2.54. The summed E-state index contributed by atoms with van der Waals surface area (Å²) in [5, 5.41) is 1.30. The van der Waals surface area contributed by atoms with Crippen molar-refractivity contribution in [1.82, 2.24) is 14.8 Å². The van der Waals surface area contributed by atoms with Crippen LogP contribution >= 0.6 is 0 Å². The molecule has 36 heavy (non-hydrogen) atoms. The van der Waals surface area contributed by atoms with E-state index in [-0.39, 0.29) is 24.0 Å². The summed E-state index contributed by atoms with van der Waals surface area (Å²) >= 11 is 0. The highest BCUT2D eigenvalue weighted by atomic mass is 16.6. The number of likely N-dealkylation sites (tertiary alicyclic amines) is 2. The lowest BCUT2D eigenvalue weighted by Crippen LogP contribution is -2.53. The molecule has 1 aromatic carbocycles. The van der Waals surface area contributed by atoms with Crippen LogP contribution in [0.15, 0.2) is 30.5 Å². The summed E-state index contributed by atoms with van der Waals surface area (Å²) < 4.78 is 11.1.